The molecule has 0 fully saturated rings. The van der Waals surface area contributed by atoms with Crippen molar-refractivity contribution in [3.05, 3.63) is 59.9 Å². The maximum Gasteiger partial charge on any atom is 0.134 e. The first-order chi connectivity index (χ1) is 11.8. The third-order valence-electron chi connectivity index (χ3n) is 3.72. The van der Waals surface area contributed by atoms with Gasteiger partial charge in [-0.25, -0.2) is 0 Å². The zero-order valence-electron chi connectivity index (χ0n) is 13.6. The predicted molar refractivity (Wildman–Crippen MR) is 93.3 cm³/mol. The lowest BCUT2D eigenvalue weighted by Crippen LogP contribution is -2.07. The van der Waals surface area contributed by atoms with E-state index < -0.39 is 0 Å². The maximum atomic E-state index is 9.15. The molecule has 24 heavy (non-hydrogen) atoms. The molecular weight excluding hydrogens is 306 g/mol. The van der Waals surface area contributed by atoms with E-state index in [0.717, 1.165) is 28.0 Å². The lowest BCUT2D eigenvalue weighted by Gasteiger charge is -2.12. The van der Waals surface area contributed by atoms with Gasteiger partial charge in [0.15, 0.2) is 0 Å². The Hall–Kier alpha value is -2.50. The molecule has 5 nitrogen and oxygen atoms in total. The third kappa shape index (κ3) is 3.88. The molecule has 0 amide bonds. The average molecular weight is 327 g/mol. The molecule has 0 aliphatic heterocycles. The fraction of sp³-hybridized carbons (Fsp3) is 0.263. The largest absolute Gasteiger partial charge is 0.491 e. The first-order valence-electron chi connectivity index (χ1n) is 7.87. The lowest BCUT2D eigenvalue weighted by molar-refractivity contribution is 0.146. The Morgan fingerprint density at radius 1 is 1.08 bits per heavy atom. The smallest absolute Gasteiger partial charge is 0.134 e. The number of benzene rings is 2. The van der Waals surface area contributed by atoms with Gasteiger partial charge in [0.2, 0.25) is 0 Å². The second-order valence-corrected chi connectivity index (χ2v) is 5.43. The molecule has 0 bridgehead atoms. The second kappa shape index (κ2) is 7.86. The fourth-order valence-electron chi connectivity index (χ4n) is 2.51. The average Bonchev–Trinajstić information content (AvgIpc) is 3.03. The summed E-state index contributed by atoms with van der Waals surface area (Å²) < 4.78 is 16.3. The molecular formula is C19H21NO4. The van der Waals surface area contributed by atoms with E-state index in [0.29, 0.717) is 25.5 Å². The van der Waals surface area contributed by atoms with E-state index >= 15 is 0 Å². The number of nitrogens with one attached hydrogen (secondary N) is 1. The van der Waals surface area contributed by atoms with Gasteiger partial charge >= 0.3 is 0 Å². The quantitative estimate of drug-likeness (QED) is 0.619. The summed E-state index contributed by atoms with van der Waals surface area (Å²) in [6.07, 6.45) is 0. The van der Waals surface area contributed by atoms with Crippen LogP contribution in [0.1, 0.15) is 11.3 Å². The molecule has 0 aliphatic carbocycles. The molecule has 0 atom stereocenters. The molecule has 0 saturated heterocycles. The van der Waals surface area contributed by atoms with Gasteiger partial charge < -0.3 is 24.3 Å². The molecule has 0 radical (unpaired) electrons. The van der Waals surface area contributed by atoms with E-state index in [-0.39, 0.29) is 6.61 Å². The monoisotopic (exact) mass is 327 g/mol. The van der Waals surface area contributed by atoms with Crippen LogP contribution in [0.15, 0.2) is 52.9 Å². The number of ether oxygens (including phenoxy) is 2. The van der Waals surface area contributed by atoms with E-state index in [9.17, 15) is 0 Å². The van der Waals surface area contributed by atoms with Crippen molar-refractivity contribution in [3.8, 4) is 5.75 Å². The van der Waals surface area contributed by atoms with Gasteiger partial charge in [0.05, 0.1) is 6.61 Å². The van der Waals surface area contributed by atoms with Crippen LogP contribution >= 0.6 is 0 Å². The summed E-state index contributed by atoms with van der Waals surface area (Å²) in [6, 6.07) is 15.7. The van der Waals surface area contributed by atoms with Gasteiger partial charge in [-0.2, -0.15) is 0 Å². The van der Waals surface area contributed by atoms with Gasteiger partial charge in [-0.3, -0.25) is 0 Å². The summed E-state index contributed by atoms with van der Waals surface area (Å²) in [6.45, 7) is 1.65. The van der Waals surface area contributed by atoms with E-state index in [1.165, 1.54) is 0 Å². The van der Waals surface area contributed by atoms with Gasteiger partial charge in [0, 0.05) is 30.3 Å². The van der Waals surface area contributed by atoms with Crippen molar-refractivity contribution in [2.45, 2.75) is 13.2 Å². The Labute approximate surface area is 140 Å². The number of para-hydroxylation sites is 1. The van der Waals surface area contributed by atoms with Crippen molar-refractivity contribution in [3.63, 3.8) is 0 Å². The van der Waals surface area contributed by atoms with Crippen molar-refractivity contribution in [2.75, 3.05) is 25.6 Å². The summed E-state index contributed by atoms with van der Waals surface area (Å²) in [5, 5.41) is 13.5. The summed E-state index contributed by atoms with van der Waals surface area (Å²) >= 11 is 0. The van der Waals surface area contributed by atoms with Crippen LogP contribution in [0.4, 0.5) is 5.69 Å². The van der Waals surface area contributed by atoms with Crippen molar-refractivity contribution in [1.29, 1.82) is 0 Å². The van der Waals surface area contributed by atoms with E-state index in [4.69, 9.17) is 19.0 Å². The van der Waals surface area contributed by atoms with Crippen LogP contribution in [-0.4, -0.2) is 25.4 Å². The maximum absolute atomic E-state index is 9.15. The van der Waals surface area contributed by atoms with Crippen LogP contribution in [0.3, 0.4) is 0 Å². The third-order valence-corrected chi connectivity index (χ3v) is 3.72. The highest BCUT2D eigenvalue weighted by atomic mass is 16.5. The van der Waals surface area contributed by atoms with Gasteiger partial charge in [-0.15, -0.1) is 0 Å². The Kier molecular flexibility index (Phi) is 5.36. The number of aliphatic hydroxyl groups is 1. The summed E-state index contributed by atoms with van der Waals surface area (Å²) in [5.41, 5.74) is 2.84. The molecule has 1 aromatic heterocycles. The Morgan fingerprint density at radius 3 is 2.79 bits per heavy atom. The van der Waals surface area contributed by atoms with E-state index in [1.807, 2.05) is 48.5 Å². The zero-order chi connectivity index (χ0) is 16.8. The molecule has 3 aromatic rings. The number of furan rings is 1. The summed E-state index contributed by atoms with van der Waals surface area (Å²) in [4.78, 5) is 0. The van der Waals surface area contributed by atoms with Gasteiger partial charge in [0.25, 0.3) is 0 Å². The first-order valence-corrected chi connectivity index (χ1v) is 7.87. The number of rotatable bonds is 8. The van der Waals surface area contributed by atoms with E-state index in [2.05, 4.69) is 5.32 Å². The van der Waals surface area contributed by atoms with Crippen molar-refractivity contribution in [1.82, 2.24) is 0 Å². The molecule has 2 aromatic carbocycles. The number of aliphatic hydroxyl groups excluding tert-OH is 1. The standard InChI is InChI=1S/C19H21NO4/c1-22-8-9-23-18-5-3-2-4-14(18)12-20-16-6-7-19-15(10-16)11-17(13-21)24-19/h2-7,10-11,20-21H,8-9,12-13H2,1H3. The van der Waals surface area contributed by atoms with Crippen LogP contribution in [0.25, 0.3) is 11.0 Å². The molecule has 3 rings (SSSR count). The number of anilines is 1. The summed E-state index contributed by atoms with van der Waals surface area (Å²) in [5.74, 6) is 1.42. The highest BCUT2D eigenvalue weighted by Crippen LogP contribution is 2.24. The van der Waals surface area contributed by atoms with Crippen LogP contribution < -0.4 is 10.1 Å². The minimum absolute atomic E-state index is 0.0936. The molecule has 1 heterocycles. The molecule has 126 valence electrons. The van der Waals surface area contributed by atoms with Crippen molar-refractivity contribution >= 4 is 16.7 Å². The number of hydrogen-bond acceptors (Lipinski definition) is 5. The highest BCUT2D eigenvalue weighted by Gasteiger charge is 2.06. The molecule has 0 aliphatic rings. The minimum Gasteiger partial charge on any atom is -0.491 e. The second-order valence-electron chi connectivity index (χ2n) is 5.43. The normalized spacial score (nSPS) is 10.9. The van der Waals surface area contributed by atoms with Crippen molar-refractivity contribution < 1.29 is 19.0 Å². The van der Waals surface area contributed by atoms with Gasteiger partial charge in [-0.05, 0) is 30.3 Å². The number of methoxy groups -OCH3 is 1. The fourth-order valence-corrected chi connectivity index (χ4v) is 2.51. The SMILES string of the molecule is COCCOc1ccccc1CNc1ccc2oc(CO)cc2c1. The molecule has 0 spiro atoms. The highest BCUT2D eigenvalue weighted by molar-refractivity contribution is 5.81. The minimum atomic E-state index is -0.0936. The summed E-state index contributed by atoms with van der Waals surface area (Å²) in [7, 11) is 1.66. The lowest BCUT2D eigenvalue weighted by atomic mass is 10.2. The van der Waals surface area contributed by atoms with E-state index in [1.54, 1.807) is 7.11 Å². The first kappa shape index (κ1) is 16.4. The van der Waals surface area contributed by atoms with Gasteiger partial charge in [-0.1, -0.05) is 18.2 Å². The van der Waals surface area contributed by atoms with Crippen LogP contribution in [0.5, 0.6) is 5.75 Å². The van der Waals surface area contributed by atoms with Crippen LogP contribution in [-0.2, 0) is 17.9 Å². The van der Waals surface area contributed by atoms with Crippen LogP contribution in [0, 0.1) is 0 Å². The predicted octanol–water partition coefficient (Wildman–Crippen LogP) is 3.56. The van der Waals surface area contributed by atoms with Gasteiger partial charge in [0.1, 0.15) is 30.3 Å². The topological polar surface area (TPSA) is 63.9 Å². The Balaban J connectivity index is 1.69. The Bertz CT molecular complexity index is 797. The number of fused-ring (bicyclic) bond motifs is 1. The number of hydrogen-bond donors (Lipinski definition) is 2. The molecule has 2 N–H and O–H groups in total. The van der Waals surface area contributed by atoms with Crippen molar-refractivity contribution in [2.24, 2.45) is 0 Å². The molecule has 0 unspecified atom stereocenters. The molecule has 5 heteroatoms. The molecule has 0 saturated carbocycles. The zero-order valence-corrected chi connectivity index (χ0v) is 13.6. The van der Waals surface area contributed by atoms with Crippen LogP contribution in [0.2, 0.25) is 0 Å². The Morgan fingerprint density at radius 2 is 1.96 bits per heavy atom.